The number of carbonyl (C=O) groups is 2. The van der Waals surface area contributed by atoms with Gasteiger partial charge in [0.05, 0.1) is 6.61 Å². The van der Waals surface area contributed by atoms with Crippen LogP contribution in [0.2, 0.25) is 0 Å². The number of rotatable bonds is 47. The Bertz CT molecular complexity index is 1520. The number of allylic oxidation sites excluding steroid dienone is 26. The Morgan fingerprint density at radius 3 is 0.985 bits per heavy atom. The summed E-state index contributed by atoms with van der Waals surface area (Å²) in [6.45, 7) is 3.95. The Hall–Kier alpha value is -4.48. The number of hydrogen-bond acceptors (Lipinski definition) is 5. The zero-order chi connectivity index (χ0) is 49.2. The molecule has 0 aliphatic rings. The van der Waals surface area contributed by atoms with Crippen LogP contribution in [0.4, 0.5) is 0 Å². The van der Waals surface area contributed by atoms with Crippen molar-refractivity contribution in [1.29, 1.82) is 0 Å². The largest absolute Gasteiger partial charge is 0.462 e. The molecule has 1 unspecified atom stereocenters. The van der Waals surface area contributed by atoms with E-state index < -0.39 is 6.10 Å². The summed E-state index contributed by atoms with van der Waals surface area (Å²) in [4.78, 5) is 24.5. The van der Waals surface area contributed by atoms with Crippen molar-refractivity contribution in [3.63, 3.8) is 0 Å². The van der Waals surface area contributed by atoms with E-state index in [0.717, 1.165) is 116 Å². The molecule has 0 spiro atoms. The first-order valence-corrected chi connectivity index (χ1v) is 27.0. The van der Waals surface area contributed by atoms with Crippen LogP contribution in [-0.4, -0.2) is 36.4 Å². The van der Waals surface area contributed by atoms with Crippen LogP contribution in [-0.2, 0) is 19.1 Å². The highest BCUT2D eigenvalue weighted by atomic mass is 16.6. The highest BCUT2D eigenvalue weighted by Crippen LogP contribution is 2.11. The maximum Gasteiger partial charge on any atom is 0.306 e. The lowest BCUT2D eigenvalue weighted by Gasteiger charge is -2.15. The number of aliphatic hydroxyl groups is 1. The van der Waals surface area contributed by atoms with Gasteiger partial charge in [0, 0.05) is 12.8 Å². The topological polar surface area (TPSA) is 72.8 Å². The van der Waals surface area contributed by atoms with E-state index in [4.69, 9.17) is 9.47 Å². The van der Waals surface area contributed by atoms with Crippen LogP contribution in [0.25, 0.3) is 0 Å². The van der Waals surface area contributed by atoms with E-state index in [1.807, 2.05) is 0 Å². The zero-order valence-electron chi connectivity index (χ0n) is 43.3. The molecule has 0 fully saturated rings. The van der Waals surface area contributed by atoms with Gasteiger partial charge in [0.2, 0.25) is 0 Å². The summed E-state index contributed by atoms with van der Waals surface area (Å²) >= 11 is 0. The minimum Gasteiger partial charge on any atom is -0.462 e. The van der Waals surface area contributed by atoms with Gasteiger partial charge in [0.25, 0.3) is 0 Å². The van der Waals surface area contributed by atoms with E-state index in [1.165, 1.54) is 57.8 Å². The second-order valence-electron chi connectivity index (χ2n) is 17.2. The van der Waals surface area contributed by atoms with Crippen LogP contribution in [0, 0.1) is 0 Å². The van der Waals surface area contributed by atoms with Crippen LogP contribution in [0.3, 0.4) is 0 Å². The van der Waals surface area contributed by atoms with E-state index in [1.54, 1.807) is 0 Å². The lowest BCUT2D eigenvalue weighted by Crippen LogP contribution is -2.28. The summed E-state index contributed by atoms with van der Waals surface area (Å²) in [6.07, 6.45) is 87.6. The highest BCUT2D eigenvalue weighted by molar-refractivity contribution is 5.70. The van der Waals surface area contributed by atoms with E-state index in [2.05, 4.69) is 172 Å². The number of esters is 2. The molecule has 0 aromatic carbocycles. The van der Waals surface area contributed by atoms with Gasteiger partial charge in [-0.1, -0.05) is 223 Å². The van der Waals surface area contributed by atoms with Crippen LogP contribution in [0.15, 0.2) is 158 Å². The Balaban J connectivity index is 3.72. The molecule has 0 bridgehead atoms. The second-order valence-corrected chi connectivity index (χ2v) is 17.2. The summed E-state index contributed by atoms with van der Waals surface area (Å²) in [5, 5.41) is 9.63. The van der Waals surface area contributed by atoms with Crippen molar-refractivity contribution in [3.05, 3.63) is 158 Å². The van der Waals surface area contributed by atoms with Crippen LogP contribution >= 0.6 is 0 Å². The number of carbonyl (C=O) groups excluding carboxylic acids is 2. The molecule has 0 heterocycles. The Morgan fingerprint density at radius 2 is 0.632 bits per heavy atom. The number of unbranched alkanes of at least 4 members (excludes halogenated alkanes) is 13. The van der Waals surface area contributed by atoms with E-state index in [9.17, 15) is 14.7 Å². The molecule has 0 aromatic rings. The average Bonchev–Trinajstić information content (AvgIpc) is 3.34. The van der Waals surface area contributed by atoms with E-state index in [0.29, 0.717) is 12.8 Å². The van der Waals surface area contributed by atoms with Crippen molar-refractivity contribution in [1.82, 2.24) is 0 Å². The van der Waals surface area contributed by atoms with Gasteiger partial charge in [-0.05, 0) is 128 Å². The molecule has 0 aromatic heterocycles. The van der Waals surface area contributed by atoms with Gasteiger partial charge in [0.15, 0.2) is 6.10 Å². The van der Waals surface area contributed by atoms with Gasteiger partial charge < -0.3 is 14.6 Å². The minimum absolute atomic E-state index is 0.102. The Morgan fingerprint density at radius 1 is 0.353 bits per heavy atom. The maximum atomic E-state index is 12.3. The maximum absolute atomic E-state index is 12.3. The number of hydrogen-bond donors (Lipinski definition) is 1. The van der Waals surface area contributed by atoms with Gasteiger partial charge >= 0.3 is 11.9 Å². The standard InChI is InChI=1S/C63H98O5/c1-3-5-7-9-11-13-15-17-19-21-23-25-26-27-28-29-30-31-32-33-34-35-36-38-40-42-44-46-48-50-52-54-56-58-63(66)68-61(59-64)60-67-62(65)57-55-53-51-49-47-45-43-41-39-37-24-22-20-18-16-14-12-10-8-6-4-2/h5,7,11,13,16-19,22-25,27-28,30-31,33-34,36,38-39,41-42,44,48,50,61,64H,3-4,6,8-10,12,14-15,20-21,26,29,32,35,37,40,43,45-47,49,51-60H2,1-2H3/b7-5-,13-11-,18-16-,19-17-,24-22-,25-23-,28-27-,31-30-,34-33-,38-36-,41-39-,44-42-,50-48-. The Kier molecular flexibility index (Phi) is 53.1. The minimum atomic E-state index is -0.814. The van der Waals surface area contributed by atoms with Gasteiger partial charge in [-0.3, -0.25) is 9.59 Å². The van der Waals surface area contributed by atoms with Crippen LogP contribution in [0.1, 0.15) is 206 Å². The van der Waals surface area contributed by atoms with E-state index >= 15 is 0 Å². The fourth-order valence-electron chi connectivity index (χ4n) is 6.76. The van der Waals surface area contributed by atoms with Gasteiger partial charge in [-0.15, -0.1) is 0 Å². The van der Waals surface area contributed by atoms with Crippen molar-refractivity contribution >= 4 is 11.9 Å². The molecule has 0 aliphatic carbocycles. The molecule has 5 heteroatoms. The van der Waals surface area contributed by atoms with Crippen LogP contribution in [0.5, 0.6) is 0 Å². The highest BCUT2D eigenvalue weighted by Gasteiger charge is 2.16. The molecule has 1 N–H and O–H groups in total. The fraction of sp³-hybridized carbons (Fsp3) is 0.556. The van der Waals surface area contributed by atoms with Crippen molar-refractivity contribution in [3.8, 4) is 0 Å². The summed E-state index contributed by atoms with van der Waals surface area (Å²) < 4.78 is 10.6. The molecular formula is C63H98O5. The summed E-state index contributed by atoms with van der Waals surface area (Å²) in [5.74, 6) is -0.670. The predicted molar refractivity (Wildman–Crippen MR) is 297 cm³/mol. The molecule has 1 atom stereocenters. The predicted octanol–water partition coefficient (Wildman–Crippen LogP) is 18.4. The van der Waals surface area contributed by atoms with Gasteiger partial charge in [-0.2, -0.15) is 0 Å². The molecule has 0 radical (unpaired) electrons. The third kappa shape index (κ3) is 54.1. The third-order valence-electron chi connectivity index (χ3n) is 10.8. The molecule has 0 saturated heterocycles. The smallest absolute Gasteiger partial charge is 0.306 e. The molecule has 5 nitrogen and oxygen atoms in total. The molecule has 0 amide bonds. The lowest BCUT2D eigenvalue weighted by molar-refractivity contribution is -0.161. The summed E-state index contributed by atoms with van der Waals surface area (Å²) in [7, 11) is 0. The van der Waals surface area contributed by atoms with Crippen LogP contribution < -0.4 is 0 Å². The average molecular weight is 935 g/mol. The number of aliphatic hydroxyl groups excluding tert-OH is 1. The summed E-state index contributed by atoms with van der Waals surface area (Å²) in [6, 6.07) is 0. The van der Waals surface area contributed by atoms with Crippen molar-refractivity contribution in [2.24, 2.45) is 0 Å². The van der Waals surface area contributed by atoms with Gasteiger partial charge in [-0.25, -0.2) is 0 Å². The van der Waals surface area contributed by atoms with Crippen molar-refractivity contribution in [2.75, 3.05) is 13.2 Å². The third-order valence-corrected chi connectivity index (χ3v) is 10.8. The van der Waals surface area contributed by atoms with E-state index in [-0.39, 0.29) is 31.6 Å². The first-order chi connectivity index (χ1) is 33.6. The van der Waals surface area contributed by atoms with Crippen molar-refractivity contribution < 1.29 is 24.2 Å². The second kappa shape index (κ2) is 56.8. The quantitative estimate of drug-likeness (QED) is 0.0374. The lowest BCUT2D eigenvalue weighted by atomic mass is 10.1. The SMILES string of the molecule is CC/C=C\C/C=C\C/C=C\C/C=C\C/C=C\C/C=C\C/C=C\C/C=C\C/C=C\C/C=C\CCCCC(=O)OC(CO)COC(=O)CCCCCCCC/C=C\C/C=C\C/C=C\CCCCCCC. The molecular weight excluding hydrogens is 837 g/mol. The fourth-order valence-corrected chi connectivity index (χ4v) is 6.76. The van der Waals surface area contributed by atoms with Crippen molar-refractivity contribution in [2.45, 2.75) is 213 Å². The summed E-state index contributed by atoms with van der Waals surface area (Å²) in [5.41, 5.74) is 0. The monoisotopic (exact) mass is 935 g/mol. The molecule has 0 saturated carbocycles. The first kappa shape index (κ1) is 63.5. The Labute approximate surface area is 418 Å². The molecule has 380 valence electrons. The zero-order valence-corrected chi connectivity index (χ0v) is 43.3. The normalized spacial score (nSPS) is 13.5. The molecule has 68 heavy (non-hydrogen) atoms. The molecule has 0 aliphatic heterocycles. The molecule has 0 rings (SSSR count). The first-order valence-electron chi connectivity index (χ1n) is 27.0. The van der Waals surface area contributed by atoms with Gasteiger partial charge in [0.1, 0.15) is 6.61 Å². The number of ether oxygens (including phenoxy) is 2.